The topological polar surface area (TPSA) is 110 Å². The number of aliphatic hydroxyl groups excluding tert-OH is 2. The molecular formula is C29H45NO5S. The number of carbonyl (C=O) groups excluding carboxylic acids is 2. The Balaban J connectivity index is 1.44. The second-order valence-electron chi connectivity index (χ2n) is 13.5. The first kappa shape index (κ1) is 26.7. The molecule has 5 saturated carbocycles. The van der Waals surface area contributed by atoms with Crippen LogP contribution < -0.4 is 5.73 Å². The van der Waals surface area contributed by atoms with E-state index in [9.17, 15) is 19.8 Å². The van der Waals surface area contributed by atoms with Crippen LogP contribution in [0.3, 0.4) is 0 Å². The van der Waals surface area contributed by atoms with Crippen LogP contribution in [0.15, 0.2) is 12.7 Å². The molecule has 6 nitrogen and oxygen atoms in total. The zero-order valence-electron chi connectivity index (χ0n) is 22.4. The number of nitrogens with two attached hydrogens (primary N) is 1. The monoisotopic (exact) mass is 519 g/mol. The molecule has 0 aromatic heterocycles. The average molecular weight is 520 g/mol. The van der Waals surface area contributed by atoms with Crippen molar-refractivity contribution in [2.75, 3.05) is 5.75 Å². The predicted molar refractivity (Wildman–Crippen MR) is 141 cm³/mol. The molecule has 36 heavy (non-hydrogen) atoms. The zero-order valence-corrected chi connectivity index (χ0v) is 23.2. The molecule has 5 rings (SSSR count). The fourth-order valence-electron chi connectivity index (χ4n) is 9.73. The summed E-state index contributed by atoms with van der Waals surface area (Å²) in [5, 5.41) is 22.1. The number of ether oxygens (including phenoxy) is 1. The van der Waals surface area contributed by atoms with Gasteiger partial charge in [0.25, 0.3) is 0 Å². The van der Waals surface area contributed by atoms with Crippen LogP contribution in [0.2, 0.25) is 0 Å². The Kier molecular flexibility index (Phi) is 6.54. The standard InChI is InChI=1S/C29H45NO5S/c1-6-26(4)13-22(35-23(33)14-36-20-8-7-18(30)11-19(20)31)27(5)16(2)12-29-15-28(25(27)29,10-9-21(29)32)17(3)24(26)34/h6,16-20,22,24-25,31,34H,1,7-15,30H2,2-5H3/t16?,17-,18?,19?,20+,22+,24-,25-,26+,27-,28?,29+/m0/s1. The van der Waals surface area contributed by atoms with Crippen molar-refractivity contribution < 1.29 is 24.5 Å². The van der Waals surface area contributed by atoms with Gasteiger partial charge in [0, 0.05) is 34.0 Å². The van der Waals surface area contributed by atoms with E-state index in [-0.39, 0.29) is 57.0 Å². The van der Waals surface area contributed by atoms with E-state index in [4.69, 9.17) is 10.5 Å². The van der Waals surface area contributed by atoms with Gasteiger partial charge in [-0.1, -0.05) is 33.8 Å². The zero-order chi connectivity index (χ0) is 26.3. The number of esters is 1. The lowest BCUT2D eigenvalue weighted by atomic mass is 9.32. The normalized spacial score (nSPS) is 54.0. The maximum Gasteiger partial charge on any atom is 0.316 e. The molecule has 202 valence electrons. The van der Waals surface area contributed by atoms with Crippen molar-refractivity contribution in [2.24, 2.45) is 45.1 Å². The highest BCUT2D eigenvalue weighted by molar-refractivity contribution is 8.00. The van der Waals surface area contributed by atoms with Crippen molar-refractivity contribution in [3.8, 4) is 0 Å². The molecule has 0 saturated heterocycles. The Bertz CT molecular complexity index is 943. The van der Waals surface area contributed by atoms with E-state index >= 15 is 0 Å². The summed E-state index contributed by atoms with van der Waals surface area (Å²) in [5.41, 5.74) is 4.60. The molecule has 2 bridgehead atoms. The van der Waals surface area contributed by atoms with Gasteiger partial charge in [0.05, 0.1) is 18.0 Å². The molecule has 0 aromatic rings. The minimum Gasteiger partial charge on any atom is -0.461 e. The van der Waals surface area contributed by atoms with E-state index in [1.165, 1.54) is 11.8 Å². The fraction of sp³-hybridized carbons (Fsp3) is 0.862. The highest BCUT2D eigenvalue weighted by Crippen LogP contribution is 2.82. The smallest absolute Gasteiger partial charge is 0.316 e. The van der Waals surface area contributed by atoms with Crippen LogP contribution in [0.5, 0.6) is 0 Å². The second-order valence-corrected chi connectivity index (χ2v) is 14.7. The van der Waals surface area contributed by atoms with Crippen LogP contribution in [0, 0.1) is 39.4 Å². The highest BCUT2D eigenvalue weighted by atomic mass is 32.2. The van der Waals surface area contributed by atoms with E-state index in [0.717, 1.165) is 32.1 Å². The van der Waals surface area contributed by atoms with Crippen molar-refractivity contribution in [2.45, 2.75) is 109 Å². The van der Waals surface area contributed by atoms with Gasteiger partial charge in [-0.05, 0) is 68.1 Å². The van der Waals surface area contributed by atoms with Crippen LogP contribution in [-0.4, -0.2) is 57.3 Å². The van der Waals surface area contributed by atoms with Crippen molar-refractivity contribution in [1.29, 1.82) is 0 Å². The summed E-state index contributed by atoms with van der Waals surface area (Å²) < 4.78 is 6.37. The summed E-state index contributed by atoms with van der Waals surface area (Å²) in [7, 11) is 0. The van der Waals surface area contributed by atoms with E-state index in [2.05, 4.69) is 27.4 Å². The van der Waals surface area contributed by atoms with Gasteiger partial charge in [-0.15, -0.1) is 18.3 Å². The Morgan fingerprint density at radius 2 is 1.97 bits per heavy atom. The molecule has 12 atom stereocenters. The number of hydrogen-bond donors (Lipinski definition) is 3. The van der Waals surface area contributed by atoms with E-state index in [1.54, 1.807) is 0 Å². The van der Waals surface area contributed by atoms with Gasteiger partial charge in [-0.3, -0.25) is 9.59 Å². The first-order valence-corrected chi connectivity index (χ1v) is 15.0. The lowest BCUT2D eigenvalue weighted by Crippen LogP contribution is -2.71. The minimum absolute atomic E-state index is 0.00747. The highest BCUT2D eigenvalue weighted by Gasteiger charge is 2.81. The van der Waals surface area contributed by atoms with Gasteiger partial charge < -0.3 is 20.7 Å². The molecule has 0 aliphatic heterocycles. The summed E-state index contributed by atoms with van der Waals surface area (Å²) >= 11 is 1.47. The largest absolute Gasteiger partial charge is 0.461 e. The summed E-state index contributed by atoms with van der Waals surface area (Å²) in [4.78, 5) is 26.7. The number of aliphatic hydroxyl groups is 2. The summed E-state index contributed by atoms with van der Waals surface area (Å²) in [6.07, 6.45) is 6.16. The van der Waals surface area contributed by atoms with E-state index < -0.39 is 23.7 Å². The summed E-state index contributed by atoms with van der Waals surface area (Å²) in [6, 6.07) is 0.0252. The molecular weight excluding hydrogens is 474 g/mol. The van der Waals surface area contributed by atoms with Crippen molar-refractivity contribution in [3.63, 3.8) is 0 Å². The number of carbonyl (C=O) groups is 2. The molecule has 4 unspecified atom stereocenters. The molecule has 5 aliphatic rings. The first-order valence-electron chi connectivity index (χ1n) is 13.9. The Morgan fingerprint density at radius 3 is 2.64 bits per heavy atom. The lowest BCUT2D eigenvalue weighted by molar-refractivity contribution is -0.257. The molecule has 7 heteroatoms. The Hall–Kier alpha value is -0.890. The molecule has 0 amide bonds. The Morgan fingerprint density at radius 1 is 1.25 bits per heavy atom. The second kappa shape index (κ2) is 8.82. The third-order valence-corrected chi connectivity index (χ3v) is 13.2. The third kappa shape index (κ3) is 3.55. The SMILES string of the molecule is C=C[C@]1(C)C[C@@H](OC(=O)CS[C@@H]2CCC(N)CC2O)[C@]2(C)C(C)C[C@@]34CC(CCC3=O)([C@@H](C)[C@@H]1O)[C@@H]42. The minimum atomic E-state index is -0.612. The lowest BCUT2D eigenvalue weighted by Gasteiger charge is -2.71. The molecule has 0 radical (unpaired) electrons. The molecule has 2 spiro atoms. The quantitative estimate of drug-likeness (QED) is 0.374. The van der Waals surface area contributed by atoms with Crippen LogP contribution in [0.4, 0.5) is 0 Å². The predicted octanol–water partition coefficient (Wildman–Crippen LogP) is 3.87. The summed E-state index contributed by atoms with van der Waals surface area (Å²) in [5.74, 6) is 0.684. The molecule has 0 heterocycles. The third-order valence-electron chi connectivity index (χ3n) is 11.8. The van der Waals surface area contributed by atoms with Gasteiger partial charge in [0.2, 0.25) is 0 Å². The fourth-order valence-corrected chi connectivity index (χ4v) is 10.8. The van der Waals surface area contributed by atoms with Gasteiger partial charge in [-0.25, -0.2) is 0 Å². The van der Waals surface area contributed by atoms with Crippen LogP contribution >= 0.6 is 11.8 Å². The maximum absolute atomic E-state index is 13.4. The van der Waals surface area contributed by atoms with Crippen molar-refractivity contribution >= 4 is 23.5 Å². The number of Topliss-reactive ketones (excluding diaryl/α,β-unsaturated/α-hetero) is 1. The first-order chi connectivity index (χ1) is 16.8. The summed E-state index contributed by atoms with van der Waals surface area (Å²) in [6.45, 7) is 12.8. The van der Waals surface area contributed by atoms with E-state index in [0.29, 0.717) is 25.0 Å². The van der Waals surface area contributed by atoms with Gasteiger partial charge >= 0.3 is 5.97 Å². The van der Waals surface area contributed by atoms with Gasteiger partial charge in [0.1, 0.15) is 11.9 Å². The molecule has 0 aromatic carbocycles. The maximum atomic E-state index is 13.4. The van der Waals surface area contributed by atoms with Crippen molar-refractivity contribution in [3.05, 3.63) is 12.7 Å². The van der Waals surface area contributed by atoms with Gasteiger partial charge in [0.15, 0.2) is 0 Å². The number of rotatable bonds is 5. The average Bonchev–Trinajstić information content (AvgIpc) is 3.01. The van der Waals surface area contributed by atoms with Crippen molar-refractivity contribution in [1.82, 2.24) is 0 Å². The van der Waals surface area contributed by atoms with Crippen LogP contribution in [0.25, 0.3) is 0 Å². The number of thioether (sulfide) groups is 1. The van der Waals surface area contributed by atoms with Crippen LogP contribution in [-0.2, 0) is 14.3 Å². The number of ketones is 1. The Labute approximate surface area is 220 Å². The molecule has 5 fully saturated rings. The van der Waals surface area contributed by atoms with Crippen LogP contribution in [0.1, 0.15) is 79.1 Å². The molecule has 5 aliphatic carbocycles. The van der Waals surface area contributed by atoms with E-state index in [1.807, 2.05) is 13.0 Å². The van der Waals surface area contributed by atoms with Gasteiger partial charge in [-0.2, -0.15) is 0 Å². The number of hydrogen-bond acceptors (Lipinski definition) is 7. The molecule has 4 N–H and O–H groups in total.